The van der Waals surface area contributed by atoms with Crippen molar-refractivity contribution in [2.24, 2.45) is 0 Å². The lowest BCUT2D eigenvalue weighted by molar-refractivity contribution is 0.427. The Morgan fingerprint density at radius 1 is 1.19 bits per heavy atom. The lowest BCUT2D eigenvalue weighted by Crippen LogP contribution is -2.32. The molecule has 7 heteroatoms. The van der Waals surface area contributed by atoms with Gasteiger partial charge in [0.25, 0.3) is 0 Å². The van der Waals surface area contributed by atoms with Crippen molar-refractivity contribution in [2.45, 2.75) is 38.6 Å². The van der Waals surface area contributed by atoms with Crippen molar-refractivity contribution in [3.8, 4) is 0 Å². The number of hydrogen-bond donors (Lipinski definition) is 1. The van der Waals surface area contributed by atoms with Crippen LogP contribution in [-0.2, 0) is 16.6 Å². The van der Waals surface area contributed by atoms with Crippen LogP contribution in [0.25, 0.3) is 0 Å². The maximum atomic E-state index is 12.7. The second kappa shape index (κ2) is 8.34. The summed E-state index contributed by atoms with van der Waals surface area (Å²) in [5.41, 5.74) is 0.619. The van der Waals surface area contributed by atoms with Crippen molar-refractivity contribution in [2.75, 3.05) is 19.6 Å². The predicted molar refractivity (Wildman–Crippen MR) is 88.6 cm³/mol. The molecule has 0 fully saturated rings. The first kappa shape index (κ1) is 18.7. The van der Waals surface area contributed by atoms with Crippen molar-refractivity contribution >= 4 is 33.2 Å². The van der Waals surface area contributed by atoms with E-state index in [4.69, 9.17) is 23.2 Å². The maximum Gasteiger partial charge on any atom is 0.244 e. The molecule has 1 aromatic carbocycles. The van der Waals surface area contributed by atoms with E-state index >= 15 is 0 Å². The third kappa shape index (κ3) is 4.33. The standard InChI is InChI=1S/C14H22Cl2N2O2S/c1-4-9-18(6-3)21(19,20)13-8-7-12(15)11(14(13)16)10-17-5-2/h7-8,17H,4-6,9-10H2,1-3H3. The van der Waals surface area contributed by atoms with Crippen molar-refractivity contribution < 1.29 is 8.42 Å². The van der Waals surface area contributed by atoms with Crippen LogP contribution in [0.2, 0.25) is 10.0 Å². The first-order chi connectivity index (χ1) is 9.89. The van der Waals surface area contributed by atoms with Gasteiger partial charge in [0.2, 0.25) is 10.0 Å². The average Bonchev–Trinajstić information content (AvgIpc) is 2.44. The number of halogens is 2. The fourth-order valence-electron chi connectivity index (χ4n) is 2.02. The Balaban J connectivity index is 3.30. The van der Waals surface area contributed by atoms with Crippen LogP contribution in [0, 0.1) is 0 Å². The fourth-order valence-corrected chi connectivity index (χ4v) is 4.45. The van der Waals surface area contributed by atoms with E-state index in [0.29, 0.717) is 30.2 Å². The van der Waals surface area contributed by atoms with Gasteiger partial charge in [0.15, 0.2) is 0 Å². The highest BCUT2D eigenvalue weighted by Crippen LogP contribution is 2.32. The molecule has 0 spiro atoms. The van der Waals surface area contributed by atoms with E-state index in [9.17, 15) is 8.42 Å². The molecule has 0 aliphatic carbocycles. The summed E-state index contributed by atoms with van der Waals surface area (Å²) in [5, 5.41) is 3.79. The molecule has 1 rings (SSSR count). The highest BCUT2D eigenvalue weighted by Gasteiger charge is 2.26. The van der Waals surface area contributed by atoms with Gasteiger partial charge in [-0.1, -0.05) is 44.0 Å². The Hall–Kier alpha value is -0.330. The Morgan fingerprint density at radius 2 is 1.86 bits per heavy atom. The first-order valence-corrected chi connectivity index (χ1v) is 9.27. The van der Waals surface area contributed by atoms with Crippen LogP contribution in [0.1, 0.15) is 32.8 Å². The van der Waals surface area contributed by atoms with E-state index in [2.05, 4.69) is 5.32 Å². The van der Waals surface area contributed by atoms with Crippen molar-refractivity contribution in [3.63, 3.8) is 0 Å². The summed E-state index contributed by atoms with van der Waals surface area (Å²) < 4.78 is 26.8. The minimum Gasteiger partial charge on any atom is -0.313 e. The zero-order valence-electron chi connectivity index (χ0n) is 12.6. The van der Waals surface area contributed by atoms with Gasteiger partial charge in [-0.15, -0.1) is 0 Å². The molecule has 120 valence electrons. The molecule has 0 atom stereocenters. The summed E-state index contributed by atoms with van der Waals surface area (Å²) in [6.45, 7) is 7.80. The third-order valence-electron chi connectivity index (χ3n) is 3.15. The van der Waals surface area contributed by atoms with Gasteiger partial charge >= 0.3 is 0 Å². The highest BCUT2D eigenvalue weighted by molar-refractivity contribution is 7.89. The van der Waals surface area contributed by atoms with Gasteiger partial charge in [-0.25, -0.2) is 8.42 Å². The number of benzene rings is 1. The summed E-state index contributed by atoms with van der Waals surface area (Å²) in [4.78, 5) is 0.122. The van der Waals surface area contributed by atoms with E-state index in [0.717, 1.165) is 13.0 Å². The second-order valence-electron chi connectivity index (χ2n) is 4.62. The average molecular weight is 353 g/mol. The van der Waals surface area contributed by atoms with Crippen LogP contribution in [0.15, 0.2) is 17.0 Å². The lowest BCUT2D eigenvalue weighted by atomic mass is 10.2. The molecule has 0 bridgehead atoms. The zero-order chi connectivity index (χ0) is 16.0. The number of rotatable bonds is 8. The molecule has 1 N–H and O–H groups in total. The Labute approximate surface area is 137 Å². The molecule has 0 unspecified atom stereocenters. The van der Waals surface area contributed by atoms with Crippen LogP contribution in [0.3, 0.4) is 0 Å². The SMILES string of the molecule is CCCN(CC)S(=O)(=O)c1ccc(Cl)c(CNCC)c1Cl. The number of sulfonamides is 1. The molecule has 0 aliphatic rings. The largest absolute Gasteiger partial charge is 0.313 e. The van der Waals surface area contributed by atoms with E-state index in [1.54, 1.807) is 6.07 Å². The van der Waals surface area contributed by atoms with Crippen molar-refractivity contribution in [3.05, 3.63) is 27.7 Å². The number of nitrogens with one attached hydrogen (secondary N) is 1. The Morgan fingerprint density at radius 3 is 2.38 bits per heavy atom. The lowest BCUT2D eigenvalue weighted by Gasteiger charge is -2.21. The van der Waals surface area contributed by atoms with E-state index < -0.39 is 10.0 Å². The third-order valence-corrected chi connectivity index (χ3v) is 6.06. The van der Waals surface area contributed by atoms with Crippen LogP contribution in [0.4, 0.5) is 0 Å². The molecule has 1 aromatic rings. The van der Waals surface area contributed by atoms with Crippen molar-refractivity contribution in [1.82, 2.24) is 9.62 Å². The summed E-state index contributed by atoms with van der Waals surface area (Å²) >= 11 is 12.4. The van der Waals surface area contributed by atoms with Gasteiger partial charge in [0.1, 0.15) is 4.90 Å². The van der Waals surface area contributed by atoms with Crippen LogP contribution in [-0.4, -0.2) is 32.4 Å². The van der Waals surface area contributed by atoms with Gasteiger partial charge in [-0.3, -0.25) is 0 Å². The summed E-state index contributed by atoms with van der Waals surface area (Å²) in [5.74, 6) is 0. The molecule has 0 saturated heterocycles. The molecule has 0 saturated carbocycles. The van der Waals surface area contributed by atoms with Gasteiger partial charge in [0, 0.05) is 30.2 Å². The normalized spacial score (nSPS) is 12.1. The van der Waals surface area contributed by atoms with E-state index in [1.807, 2.05) is 20.8 Å². The Kier molecular flexibility index (Phi) is 7.44. The van der Waals surface area contributed by atoms with E-state index in [1.165, 1.54) is 10.4 Å². The molecule has 21 heavy (non-hydrogen) atoms. The zero-order valence-corrected chi connectivity index (χ0v) is 14.9. The van der Waals surface area contributed by atoms with Crippen LogP contribution in [0.5, 0.6) is 0 Å². The monoisotopic (exact) mass is 352 g/mol. The topological polar surface area (TPSA) is 49.4 Å². The fraction of sp³-hybridized carbons (Fsp3) is 0.571. The molecule has 0 radical (unpaired) electrons. The van der Waals surface area contributed by atoms with Crippen molar-refractivity contribution in [1.29, 1.82) is 0 Å². The second-order valence-corrected chi connectivity index (χ2v) is 7.31. The molecule has 0 aromatic heterocycles. The number of nitrogens with zero attached hydrogens (tertiary/aromatic N) is 1. The molecule has 0 amide bonds. The molecule has 0 aliphatic heterocycles. The molecule has 4 nitrogen and oxygen atoms in total. The van der Waals surface area contributed by atoms with Crippen LogP contribution >= 0.6 is 23.2 Å². The quantitative estimate of drug-likeness (QED) is 0.778. The summed E-state index contributed by atoms with van der Waals surface area (Å²) in [6.07, 6.45) is 0.753. The van der Waals surface area contributed by atoms with Gasteiger partial charge in [0.05, 0.1) is 5.02 Å². The minimum absolute atomic E-state index is 0.122. The first-order valence-electron chi connectivity index (χ1n) is 7.07. The molecular weight excluding hydrogens is 331 g/mol. The molecular formula is C14H22Cl2N2O2S. The Bertz CT molecular complexity index is 577. The van der Waals surface area contributed by atoms with E-state index in [-0.39, 0.29) is 9.92 Å². The smallest absolute Gasteiger partial charge is 0.244 e. The minimum atomic E-state index is -3.59. The predicted octanol–water partition coefficient (Wildman–Crippen LogP) is 3.52. The van der Waals surface area contributed by atoms with Crippen LogP contribution < -0.4 is 5.32 Å². The molecule has 0 heterocycles. The van der Waals surface area contributed by atoms with Gasteiger partial charge in [-0.05, 0) is 25.1 Å². The summed E-state index contributed by atoms with van der Waals surface area (Å²) in [7, 11) is -3.59. The highest BCUT2D eigenvalue weighted by atomic mass is 35.5. The van der Waals surface area contributed by atoms with Gasteiger partial charge in [-0.2, -0.15) is 4.31 Å². The maximum absolute atomic E-state index is 12.7. The number of hydrogen-bond acceptors (Lipinski definition) is 3. The van der Waals surface area contributed by atoms with Gasteiger partial charge < -0.3 is 5.32 Å². The summed E-state index contributed by atoms with van der Waals surface area (Å²) in [6, 6.07) is 3.07.